The first-order valence-corrected chi connectivity index (χ1v) is 9.73. The van der Waals surface area contributed by atoms with Crippen molar-refractivity contribution in [2.45, 2.75) is 63.7 Å². The summed E-state index contributed by atoms with van der Waals surface area (Å²) in [5.41, 5.74) is -0.102. The normalized spacial score (nSPS) is 27.8. The maximum Gasteiger partial charge on any atom is 0.280 e. The van der Waals surface area contributed by atoms with E-state index in [4.69, 9.17) is 4.52 Å². The molecule has 118 valence electrons. The van der Waals surface area contributed by atoms with E-state index in [9.17, 15) is 4.79 Å². The highest BCUT2D eigenvalue weighted by Crippen LogP contribution is 2.37. The molecular formula is C17H27NO2S. The zero-order valence-electron chi connectivity index (χ0n) is 12.8. The molecule has 2 aliphatic carbocycles. The lowest BCUT2D eigenvalue weighted by molar-refractivity contribution is 0.288. The summed E-state index contributed by atoms with van der Waals surface area (Å²) in [5, 5.41) is 2.41. The molecule has 4 heteroatoms. The fourth-order valence-electron chi connectivity index (χ4n) is 3.87. The average molecular weight is 309 g/mol. The monoisotopic (exact) mass is 309 g/mol. The van der Waals surface area contributed by atoms with Crippen LogP contribution in [0.5, 0.6) is 0 Å². The van der Waals surface area contributed by atoms with Crippen LogP contribution in [0.2, 0.25) is 0 Å². The van der Waals surface area contributed by atoms with Gasteiger partial charge in [-0.25, -0.2) is 0 Å². The van der Waals surface area contributed by atoms with E-state index in [1.54, 1.807) is 6.07 Å². The minimum absolute atomic E-state index is 0.102. The molecule has 3 nitrogen and oxygen atoms in total. The van der Waals surface area contributed by atoms with Crippen molar-refractivity contribution in [1.29, 1.82) is 0 Å². The van der Waals surface area contributed by atoms with Crippen molar-refractivity contribution in [2.24, 2.45) is 11.8 Å². The van der Waals surface area contributed by atoms with Crippen LogP contribution in [-0.2, 0) is 0 Å². The van der Waals surface area contributed by atoms with E-state index >= 15 is 0 Å². The van der Waals surface area contributed by atoms with Crippen LogP contribution in [0.1, 0.15) is 69.5 Å². The molecule has 1 aromatic heterocycles. The first-order valence-electron chi connectivity index (χ1n) is 8.57. The molecule has 0 unspecified atom stereocenters. The Morgan fingerprint density at radius 3 is 2.29 bits per heavy atom. The molecule has 0 atom stereocenters. The molecule has 0 amide bonds. The SMILES string of the molecule is O=c1cc(C2CCC(CSCC3CCCCC3)CC2)o[nH]1. The summed E-state index contributed by atoms with van der Waals surface area (Å²) in [4.78, 5) is 11.1. The summed E-state index contributed by atoms with van der Waals surface area (Å²) in [5.74, 6) is 5.92. The zero-order chi connectivity index (χ0) is 14.5. The maximum absolute atomic E-state index is 11.1. The summed E-state index contributed by atoms with van der Waals surface area (Å²) in [6.07, 6.45) is 12.2. The predicted octanol–water partition coefficient (Wildman–Crippen LogP) is 4.56. The molecule has 2 aliphatic rings. The second-order valence-electron chi connectivity index (χ2n) is 6.87. The van der Waals surface area contributed by atoms with E-state index in [2.05, 4.69) is 16.9 Å². The van der Waals surface area contributed by atoms with Gasteiger partial charge in [0, 0.05) is 12.0 Å². The van der Waals surface area contributed by atoms with Crippen LogP contribution >= 0.6 is 11.8 Å². The Kier molecular flexibility index (Phi) is 5.50. The Morgan fingerprint density at radius 2 is 1.67 bits per heavy atom. The topological polar surface area (TPSA) is 46.0 Å². The molecule has 0 radical (unpaired) electrons. The predicted molar refractivity (Wildman–Crippen MR) is 87.9 cm³/mol. The van der Waals surface area contributed by atoms with Crippen molar-refractivity contribution in [3.8, 4) is 0 Å². The van der Waals surface area contributed by atoms with Crippen molar-refractivity contribution in [2.75, 3.05) is 11.5 Å². The van der Waals surface area contributed by atoms with E-state index < -0.39 is 0 Å². The third-order valence-corrected chi connectivity index (χ3v) is 6.64. The molecule has 1 N–H and O–H groups in total. The highest BCUT2D eigenvalue weighted by Gasteiger charge is 2.25. The van der Waals surface area contributed by atoms with E-state index in [-0.39, 0.29) is 5.56 Å². The van der Waals surface area contributed by atoms with Gasteiger partial charge in [0.05, 0.1) is 0 Å². The van der Waals surface area contributed by atoms with E-state index in [0.29, 0.717) is 5.92 Å². The smallest absolute Gasteiger partial charge is 0.280 e. The lowest BCUT2D eigenvalue weighted by Crippen LogP contribution is -2.16. The van der Waals surface area contributed by atoms with Gasteiger partial charge in [-0.1, -0.05) is 19.3 Å². The quantitative estimate of drug-likeness (QED) is 0.867. The molecule has 0 aromatic carbocycles. The lowest BCUT2D eigenvalue weighted by Gasteiger charge is -2.27. The molecule has 0 spiro atoms. The van der Waals surface area contributed by atoms with Gasteiger partial charge in [0.2, 0.25) is 0 Å². The van der Waals surface area contributed by atoms with Gasteiger partial charge in [-0.05, 0) is 61.9 Å². The molecule has 0 bridgehead atoms. The molecule has 3 rings (SSSR count). The van der Waals surface area contributed by atoms with E-state index in [1.165, 1.54) is 69.3 Å². The van der Waals surface area contributed by atoms with Crippen molar-refractivity contribution in [3.63, 3.8) is 0 Å². The Hall–Kier alpha value is -0.640. The average Bonchev–Trinajstić information content (AvgIpc) is 2.96. The molecule has 1 aromatic rings. The lowest BCUT2D eigenvalue weighted by atomic mass is 9.82. The van der Waals surface area contributed by atoms with Crippen LogP contribution in [-0.4, -0.2) is 16.7 Å². The minimum Gasteiger partial charge on any atom is -0.383 e. The molecular weight excluding hydrogens is 282 g/mol. The molecule has 0 saturated heterocycles. The summed E-state index contributed by atoms with van der Waals surface area (Å²) in [6.45, 7) is 0. The number of nitrogens with one attached hydrogen (secondary N) is 1. The minimum atomic E-state index is -0.102. The van der Waals surface area contributed by atoms with Crippen molar-refractivity contribution in [1.82, 2.24) is 5.16 Å². The Bertz CT molecular complexity index is 467. The Labute approximate surface area is 131 Å². The van der Waals surface area contributed by atoms with Crippen LogP contribution in [0.15, 0.2) is 15.4 Å². The summed E-state index contributed by atoms with van der Waals surface area (Å²) < 4.78 is 5.26. The van der Waals surface area contributed by atoms with Gasteiger partial charge >= 0.3 is 0 Å². The maximum atomic E-state index is 11.1. The Balaban J connectivity index is 1.35. The van der Waals surface area contributed by atoms with Crippen molar-refractivity contribution in [3.05, 3.63) is 22.2 Å². The summed E-state index contributed by atoms with van der Waals surface area (Å²) in [7, 11) is 0. The van der Waals surface area contributed by atoms with Gasteiger partial charge in [-0.2, -0.15) is 16.9 Å². The molecule has 2 saturated carbocycles. The Morgan fingerprint density at radius 1 is 1.00 bits per heavy atom. The van der Waals surface area contributed by atoms with Crippen LogP contribution in [0.3, 0.4) is 0 Å². The molecule has 1 heterocycles. The van der Waals surface area contributed by atoms with Crippen LogP contribution in [0.4, 0.5) is 0 Å². The van der Waals surface area contributed by atoms with Crippen LogP contribution in [0, 0.1) is 11.8 Å². The molecule has 2 fully saturated rings. The number of rotatable bonds is 5. The van der Waals surface area contributed by atoms with Gasteiger partial charge in [-0.15, -0.1) is 0 Å². The number of hydrogen-bond acceptors (Lipinski definition) is 3. The van der Waals surface area contributed by atoms with Gasteiger partial charge in [-0.3, -0.25) is 4.79 Å². The van der Waals surface area contributed by atoms with Gasteiger partial charge in [0.15, 0.2) is 0 Å². The van der Waals surface area contributed by atoms with E-state index in [0.717, 1.165) is 17.6 Å². The van der Waals surface area contributed by atoms with E-state index in [1.807, 2.05) is 0 Å². The fourth-order valence-corrected chi connectivity index (χ4v) is 5.34. The molecule has 21 heavy (non-hydrogen) atoms. The van der Waals surface area contributed by atoms with Crippen molar-refractivity contribution < 1.29 is 4.52 Å². The summed E-state index contributed by atoms with van der Waals surface area (Å²) in [6, 6.07) is 1.63. The zero-order valence-corrected chi connectivity index (χ0v) is 13.6. The second-order valence-corrected chi connectivity index (χ2v) is 7.95. The van der Waals surface area contributed by atoms with Crippen molar-refractivity contribution >= 4 is 11.8 Å². The highest BCUT2D eigenvalue weighted by atomic mass is 32.2. The largest absolute Gasteiger partial charge is 0.383 e. The van der Waals surface area contributed by atoms with Crippen LogP contribution < -0.4 is 5.56 Å². The van der Waals surface area contributed by atoms with Gasteiger partial charge < -0.3 is 4.52 Å². The number of hydrogen-bond donors (Lipinski definition) is 1. The van der Waals surface area contributed by atoms with Gasteiger partial charge in [0.1, 0.15) is 5.76 Å². The first-order chi connectivity index (χ1) is 10.3. The molecule has 0 aliphatic heterocycles. The number of aromatic nitrogens is 1. The third-order valence-electron chi connectivity index (χ3n) is 5.22. The third kappa shape index (κ3) is 4.41. The van der Waals surface area contributed by atoms with Gasteiger partial charge in [0.25, 0.3) is 5.56 Å². The first kappa shape index (κ1) is 15.3. The number of aromatic amines is 1. The van der Waals surface area contributed by atoms with Crippen LogP contribution in [0.25, 0.3) is 0 Å². The fraction of sp³-hybridized carbons (Fsp3) is 0.824. The second kappa shape index (κ2) is 7.57. The summed E-state index contributed by atoms with van der Waals surface area (Å²) >= 11 is 2.19. The number of thioether (sulfide) groups is 1. The standard InChI is InChI=1S/C17H27NO2S/c19-17-10-16(20-18-17)15-8-6-14(7-9-15)12-21-11-13-4-2-1-3-5-13/h10,13-15H,1-9,11-12H2,(H,18,19). The number of H-pyrrole nitrogens is 1. The highest BCUT2D eigenvalue weighted by molar-refractivity contribution is 7.99.